The van der Waals surface area contributed by atoms with Gasteiger partial charge in [0.05, 0.1) is 0 Å². The van der Waals surface area contributed by atoms with E-state index in [4.69, 9.17) is 9.47 Å². The lowest BCUT2D eigenvalue weighted by Crippen LogP contribution is -2.30. The summed E-state index contributed by atoms with van der Waals surface area (Å²) in [4.78, 5) is 26.8. The van der Waals surface area contributed by atoms with Gasteiger partial charge in [0.2, 0.25) is 6.79 Å². The highest BCUT2D eigenvalue weighted by atomic mass is 16.7. The van der Waals surface area contributed by atoms with E-state index >= 15 is 0 Å². The fourth-order valence-electron chi connectivity index (χ4n) is 3.56. The molecule has 2 heterocycles. The molecule has 0 bridgehead atoms. The third-order valence-electron chi connectivity index (χ3n) is 5.16. The van der Waals surface area contributed by atoms with Crippen LogP contribution in [0, 0.1) is 0 Å². The Kier molecular flexibility index (Phi) is 4.48. The van der Waals surface area contributed by atoms with Crippen molar-refractivity contribution in [1.29, 1.82) is 0 Å². The molecule has 0 aromatic heterocycles. The number of urea groups is 1. The van der Waals surface area contributed by atoms with Gasteiger partial charge in [0, 0.05) is 36.1 Å². The zero-order valence-corrected chi connectivity index (χ0v) is 16.1. The Hall–Kier alpha value is -4.00. The number of carbonyl (C=O) groups excluding carboxylic acids is 2. The predicted molar refractivity (Wildman–Crippen MR) is 112 cm³/mol. The van der Waals surface area contributed by atoms with Crippen LogP contribution in [0.15, 0.2) is 66.7 Å². The summed E-state index contributed by atoms with van der Waals surface area (Å²) >= 11 is 0. The largest absolute Gasteiger partial charge is 0.454 e. The van der Waals surface area contributed by atoms with Gasteiger partial charge in [-0.3, -0.25) is 4.79 Å². The van der Waals surface area contributed by atoms with Gasteiger partial charge in [-0.25, -0.2) is 4.79 Å². The number of rotatable bonds is 3. The van der Waals surface area contributed by atoms with Crippen molar-refractivity contribution in [3.63, 3.8) is 0 Å². The van der Waals surface area contributed by atoms with Crippen LogP contribution >= 0.6 is 0 Å². The molecule has 0 atom stereocenters. The number of anilines is 2. The molecule has 7 nitrogen and oxygen atoms in total. The Morgan fingerprint density at radius 1 is 0.767 bits per heavy atom. The minimum atomic E-state index is -0.248. The maximum absolute atomic E-state index is 12.5. The van der Waals surface area contributed by atoms with E-state index in [1.165, 1.54) is 11.1 Å². The van der Waals surface area contributed by atoms with Gasteiger partial charge in [0.15, 0.2) is 11.5 Å². The average molecular weight is 401 g/mol. The lowest BCUT2D eigenvalue weighted by Gasteiger charge is -2.16. The number of nitrogens with zero attached hydrogens (tertiary/aromatic N) is 1. The highest BCUT2D eigenvalue weighted by Gasteiger charge is 2.23. The van der Waals surface area contributed by atoms with Crippen LogP contribution < -0.4 is 20.1 Å². The van der Waals surface area contributed by atoms with Crippen molar-refractivity contribution in [3.8, 4) is 11.5 Å². The minimum Gasteiger partial charge on any atom is -0.454 e. The summed E-state index contributed by atoms with van der Waals surface area (Å²) < 4.78 is 10.6. The van der Waals surface area contributed by atoms with Crippen molar-refractivity contribution in [3.05, 3.63) is 83.4 Å². The maximum Gasteiger partial charge on any atom is 0.322 e. The second-order valence-electron chi connectivity index (χ2n) is 7.15. The van der Waals surface area contributed by atoms with E-state index < -0.39 is 0 Å². The maximum atomic E-state index is 12.5. The molecular formula is C23H19N3O4. The van der Waals surface area contributed by atoms with Crippen LogP contribution in [0.1, 0.15) is 21.5 Å². The molecule has 2 aliphatic rings. The van der Waals surface area contributed by atoms with Crippen molar-refractivity contribution in [2.24, 2.45) is 0 Å². The van der Waals surface area contributed by atoms with Gasteiger partial charge in [-0.05, 0) is 47.5 Å². The molecule has 0 saturated carbocycles. The summed E-state index contributed by atoms with van der Waals surface area (Å²) in [6.45, 7) is 1.37. The lowest BCUT2D eigenvalue weighted by atomic mass is 10.1. The van der Waals surface area contributed by atoms with Crippen LogP contribution in [0.5, 0.6) is 11.5 Å². The number of ether oxygens (including phenoxy) is 2. The van der Waals surface area contributed by atoms with Gasteiger partial charge < -0.3 is 25.0 Å². The summed E-state index contributed by atoms with van der Waals surface area (Å²) in [6, 6.07) is 19.9. The molecule has 0 radical (unpaired) electrons. The molecule has 7 heteroatoms. The van der Waals surface area contributed by atoms with E-state index in [2.05, 4.69) is 10.6 Å². The van der Waals surface area contributed by atoms with Gasteiger partial charge in [0.1, 0.15) is 0 Å². The number of amides is 3. The Labute approximate surface area is 173 Å². The number of fused-ring (bicyclic) bond motifs is 2. The smallest absolute Gasteiger partial charge is 0.322 e. The fourth-order valence-corrected chi connectivity index (χ4v) is 3.56. The Morgan fingerprint density at radius 3 is 2.17 bits per heavy atom. The molecule has 3 amide bonds. The Balaban J connectivity index is 1.20. The van der Waals surface area contributed by atoms with Crippen LogP contribution in [0.25, 0.3) is 0 Å². The van der Waals surface area contributed by atoms with Crippen molar-refractivity contribution in [2.45, 2.75) is 13.1 Å². The molecular weight excluding hydrogens is 382 g/mol. The molecule has 0 aliphatic carbocycles. The van der Waals surface area contributed by atoms with Crippen molar-refractivity contribution >= 4 is 23.3 Å². The SMILES string of the molecule is O=C(Nc1ccc2c(c1)OCO2)c1ccc(NC(=O)N2Cc3ccccc3C2)cc1. The third-order valence-corrected chi connectivity index (χ3v) is 5.16. The van der Waals surface area contributed by atoms with Gasteiger partial charge in [-0.15, -0.1) is 0 Å². The highest BCUT2D eigenvalue weighted by molar-refractivity contribution is 6.04. The third kappa shape index (κ3) is 3.53. The first-order valence-corrected chi connectivity index (χ1v) is 9.59. The van der Waals surface area contributed by atoms with E-state index in [-0.39, 0.29) is 18.7 Å². The zero-order valence-electron chi connectivity index (χ0n) is 16.1. The van der Waals surface area contributed by atoms with Crippen molar-refractivity contribution in [2.75, 3.05) is 17.4 Å². The van der Waals surface area contributed by atoms with Gasteiger partial charge in [-0.2, -0.15) is 0 Å². The van der Waals surface area contributed by atoms with Crippen molar-refractivity contribution < 1.29 is 19.1 Å². The molecule has 3 aromatic carbocycles. The zero-order chi connectivity index (χ0) is 20.5. The Bertz CT molecular complexity index is 1100. The molecule has 0 spiro atoms. The van der Waals surface area contributed by atoms with E-state index in [1.54, 1.807) is 47.4 Å². The molecule has 0 saturated heterocycles. The molecule has 2 N–H and O–H groups in total. The molecule has 30 heavy (non-hydrogen) atoms. The molecule has 5 rings (SSSR count). The highest BCUT2D eigenvalue weighted by Crippen LogP contribution is 2.34. The average Bonchev–Trinajstić information content (AvgIpc) is 3.40. The summed E-state index contributed by atoms with van der Waals surface area (Å²) in [6.07, 6.45) is 0. The Morgan fingerprint density at radius 2 is 1.43 bits per heavy atom. The van der Waals surface area contributed by atoms with Crippen LogP contribution in [0.2, 0.25) is 0 Å². The lowest BCUT2D eigenvalue weighted by molar-refractivity contribution is 0.102. The molecule has 0 fully saturated rings. The van der Waals surface area contributed by atoms with Crippen LogP contribution in [0.4, 0.5) is 16.2 Å². The van der Waals surface area contributed by atoms with Crippen molar-refractivity contribution in [1.82, 2.24) is 4.90 Å². The van der Waals surface area contributed by atoms with E-state index in [1.807, 2.05) is 24.3 Å². The second-order valence-corrected chi connectivity index (χ2v) is 7.15. The van der Waals surface area contributed by atoms with Crippen LogP contribution in [0.3, 0.4) is 0 Å². The number of nitrogens with one attached hydrogen (secondary N) is 2. The van der Waals surface area contributed by atoms with Gasteiger partial charge >= 0.3 is 6.03 Å². The topological polar surface area (TPSA) is 79.9 Å². The minimum absolute atomic E-state index is 0.163. The summed E-state index contributed by atoms with van der Waals surface area (Å²) in [5.41, 5.74) is 4.08. The molecule has 3 aromatic rings. The number of carbonyl (C=O) groups is 2. The van der Waals surface area contributed by atoms with Gasteiger partial charge in [0.25, 0.3) is 5.91 Å². The first-order chi connectivity index (χ1) is 14.7. The molecule has 150 valence electrons. The normalized spacial score (nSPS) is 13.7. The summed E-state index contributed by atoms with van der Waals surface area (Å²) in [5.74, 6) is 1.02. The second kappa shape index (κ2) is 7.44. The van der Waals surface area contributed by atoms with Gasteiger partial charge in [-0.1, -0.05) is 24.3 Å². The first kappa shape index (κ1) is 18.1. The first-order valence-electron chi connectivity index (χ1n) is 9.59. The molecule has 0 unspecified atom stereocenters. The number of hydrogen-bond donors (Lipinski definition) is 2. The fraction of sp³-hybridized carbons (Fsp3) is 0.130. The van der Waals surface area contributed by atoms with E-state index in [0.717, 1.165) is 0 Å². The molecule has 2 aliphatic heterocycles. The van der Waals surface area contributed by atoms with Crippen LogP contribution in [-0.4, -0.2) is 23.6 Å². The monoisotopic (exact) mass is 401 g/mol. The van der Waals surface area contributed by atoms with E-state index in [9.17, 15) is 9.59 Å². The number of benzene rings is 3. The standard InChI is InChI=1S/C23H19N3O4/c27-22(24-19-9-10-20-21(11-19)30-14-29-20)15-5-7-18(8-6-15)25-23(28)26-12-16-3-1-2-4-17(16)13-26/h1-11H,12-14H2,(H,24,27)(H,25,28). The van der Waals surface area contributed by atoms with Crippen LogP contribution in [-0.2, 0) is 13.1 Å². The van der Waals surface area contributed by atoms with E-state index in [0.29, 0.717) is 41.5 Å². The summed E-state index contributed by atoms with van der Waals surface area (Å²) in [5, 5.41) is 5.72. The predicted octanol–water partition coefficient (Wildman–Crippen LogP) is 4.22. The quantitative estimate of drug-likeness (QED) is 0.689. The summed E-state index contributed by atoms with van der Waals surface area (Å²) in [7, 11) is 0. The number of hydrogen-bond acceptors (Lipinski definition) is 4.